The first-order chi connectivity index (χ1) is 20.3. The lowest BCUT2D eigenvalue weighted by atomic mass is 9.82. The topological polar surface area (TPSA) is 134 Å². The molecule has 43 heavy (non-hydrogen) atoms. The summed E-state index contributed by atoms with van der Waals surface area (Å²) in [4.78, 5) is 48.3. The van der Waals surface area contributed by atoms with Crippen LogP contribution in [-0.4, -0.2) is 53.0 Å². The van der Waals surface area contributed by atoms with Crippen molar-refractivity contribution in [3.63, 3.8) is 0 Å². The molecule has 0 N–H and O–H groups in total. The summed E-state index contributed by atoms with van der Waals surface area (Å²) in [6.07, 6.45) is 9.85. The molecule has 10 nitrogen and oxygen atoms in total. The minimum absolute atomic E-state index is 0.00216. The maximum absolute atomic E-state index is 12.5. The number of sulfone groups is 1. The molecule has 1 fully saturated rings. The van der Waals surface area contributed by atoms with E-state index in [9.17, 15) is 27.6 Å². The summed E-state index contributed by atoms with van der Waals surface area (Å²) in [6, 6.07) is 6.75. The number of aryl methyl sites for hydroxylation is 1. The van der Waals surface area contributed by atoms with Gasteiger partial charge in [0.2, 0.25) is 0 Å². The van der Waals surface area contributed by atoms with E-state index in [4.69, 9.17) is 46.0 Å². The number of halogens is 3. The zero-order valence-electron chi connectivity index (χ0n) is 22.9. The van der Waals surface area contributed by atoms with Gasteiger partial charge < -0.3 is 4.74 Å². The Kier molecular flexibility index (Phi) is 10.2. The minimum atomic E-state index is -3.44. The van der Waals surface area contributed by atoms with E-state index in [-0.39, 0.29) is 40.6 Å². The number of ketones is 3. The molecule has 1 aromatic heterocycles. The predicted molar refractivity (Wildman–Crippen MR) is 161 cm³/mol. The highest BCUT2D eigenvalue weighted by Gasteiger charge is 2.37. The molecule has 0 radical (unpaired) electrons. The summed E-state index contributed by atoms with van der Waals surface area (Å²) in [6.45, 7) is 0.759. The predicted octanol–water partition coefficient (Wildman–Crippen LogP) is 4.55. The number of hydrogen-bond acceptors (Lipinski definition) is 8. The summed E-state index contributed by atoms with van der Waals surface area (Å²) in [5.41, 5.74) is 0.226. The molecule has 0 unspecified atom stereocenters. The summed E-state index contributed by atoms with van der Waals surface area (Å²) >= 11 is 18.2. The van der Waals surface area contributed by atoms with Crippen molar-refractivity contribution in [1.82, 2.24) is 14.3 Å². The van der Waals surface area contributed by atoms with E-state index in [1.165, 1.54) is 22.9 Å². The average Bonchev–Trinajstić information content (AvgIpc) is 3.28. The van der Waals surface area contributed by atoms with Crippen LogP contribution in [0.25, 0.3) is 5.69 Å². The number of rotatable bonds is 6. The first-order valence-electron chi connectivity index (χ1n) is 13.2. The molecule has 2 aliphatic rings. The smallest absolute Gasteiger partial charge is 0.350 e. The number of terminal acetylenes is 1. The van der Waals surface area contributed by atoms with Crippen molar-refractivity contribution in [2.24, 2.45) is 5.92 Å². The SMILES string of the molecule is C#CCOc1cc(-n2nc3n(c2=O)CCCC3)c(Cl)cc1Cl.CS(=O)(=O)c1ccc(C(=O)C2C(=O)CCCC2=O)c(Cl)c1. The van der Waals surface area contributed by atoms with Crippen LogP contribution in [0, 0.1) is 18.3 Å². The van der Waals surface area contributed by atoms with E-state index in [1.54, 1.807) is 10.6 Å². The standard InChI is InChI=1S/C15H13Cl2N3O2.C14H13ClO5S/c1-2-7-22-13-9-12(10(16)8-11(13)17)20-15(21)19-6-4-3-5-14(19)18-20;1-21(19,20)8-5-6-9(10(15)7-8)14(18)13-11(16)3-2-4-12(13)17/h1,8-9H,3-7H2;5-7,13H,2-4H2,1H3. The van der Waals surface area contributed by atoms with E-state index in [1.807, 2.05) is 0 Å². The molecule has 3 aromatic rings. The van der Waals surface area contributed by atoms with Crippen LogP contribution in [0.5, 0.6) is 5.75 Å². The van der Waals surface area contributed by atoms with E-state index in [2.05, 4.69) is 11.0 Å². The van der Waals surface area contributed by atoms with Gasteiger partial charge in [-0.1, -0.05) is 40.7 Å². The van der Waals surface area contributed by atoms with Gasteiger partial charge in [0, 0.05) is 43.7 Å². The Balaban J connectivity index is 0.000000197. The monoisotopic (exact) mass is 665 g/mol. The van der Waals surface area contributed by atoms with Gasteiger partial charge in [-0.05, 0) is 43.5 Å². The lowest BCUT2D eigenvalue weighted by Crippen LogP contribution is -2.35. The number of ether oxygens (including phenoxy) is 1. The maximum Gasteiger partial charge on any atom is 0.350 e. The zero-order valence-corrected chi connectivity index (χ0v) is 26.0. The van der Waals surface area contributed by atoms with Crippen LogP contribution in [0.1, 0.15) is 48.3 Å². The number of Topliss-reactive ketones (excluding diaryl/α,β-unsaturated/α-hetero) is 3. The van der Waals surface area contributed by atoms with Gasteiger partial charge in [0.1, 0.15) is 24.1 Å². The second kappa shape index (κ2) is 13.5. The van der Waals surface area contributed by atoms with Gasteiger partial charge in [-0.2, -0.15) is 4.68 Å². The molecule has 0 atom stereocenters. The quantitative estimate of drug-likeness (QED) is 0.213. The summed E-state index contributed by atoms with van der Waals surface area (Å²) in [7, 11) is -3.44. The fourth-order valence-electron chi connectivity index (χ4n) is 4.75. The molecule has 2 aromatic carbocycles. The number of hydrogen-bond donors (Lipinski definition) is 0. The Hall–Kier alpha value is -3.43. The highest BCUT2D eigenvalue weighted by atomic mass is 35.5. The van der Waals surface area contributed by atoms with Crippen LogP contribution in [0.4, 0.5) is 0 Å². The van der Waals surface area contributed by atoms with Crippen molar-refractivity contribution in [3.8, 4) is 23.8 Å². The Bertz CT molecular complexity index is 1810. The van der Waals surface area contributed by atoms with Crippen LogP contribution in [0.2, 0.25) is 15.1 Å². The fourth-order valence-corrected chi connectivity index (χ4v) is 6.25. The van der Waals surface area contributed by atoms with Gasteiger partial charge in [-0.3, -0.25) is 19.0 Å². The third-order valence-corrected chi connectivity index (χ3v) is 8.92. The molecule has 1 saturated carbocycles. The van der Waals surface area contributed by atoms with Gasteiger partial charge >= 0.3 is 5.69 Å². The van der Waals surface area contributed by atoms with Crippen molar-refractivity contribution in [2.45, 2.75) is 50.0 Å². The molecule has 14 heteroatoms. The van der Waals surface area contributed by atoms with E-state index in [0.717, 1.165) is 37.4 Å². The molecular formula is C29H26Cl3N3O7S. The van der Waals surface area contributed by atoms with Crippen molar-refractivity contribution < 1.29 is 27.5 Å². The number of nitrogens with zero attached hydrogens (tertiary/aromatic N) is 3. The van der Waals surface area contributed by atoms with E-state index in [0.29, 0.717) is 34.4 Å². The van der Waals surface area contributed by atoms with Crippen molar-refractivity contribution in [2.75, 3.05) is 12.9 Å². The van der Waals surface area contributed by atoms with Gasteiger partial charge in [0.25, 0.3) is 0 Å². The largest absolute Gasteiger partial charge is 0.479 e. The van der Waals surface area contributed by atoms with Crippen molar-refractivity contribution in [1.29, 1.82) is 0 Å². The summed E-state index contributed by atoms with van der Waals surface area (Å²) in [5, 5.41) is 4.96. The molecule has 0 amide bonds. The lowest BCUT2D eigenvalue weighted by Gasteiger charge is -2.18. The normalized spacial score (nSPS) is 15.2. The number of fused-ring (bicyclic) bond motifs is 1. The summed E-state index contributed by atoms with van der Waals surface area (Å²) < 4.78 is 31.2. The first kappa shape index (κ1) is 32.5. The highest BCUT2D eigenvalue weighted by Crippen LogP contribution is 2.33. The van der Waals surface area contributed by atoms with Crippen LogP contribution < -0.4 is 10.4 Å². The molecule has 2 heterocycles. The van der Waals surface area contributed by atoms with Crippen LogP contribution in [0.15, 0.2) is 40.0 Å². The van der Waals surface area contributed by atoms with Crippen LogP contribution in [-0.2, 0) is 32.4 Å². The second-order valence-electron chi connectivity index (χ2n) is 9.94. The molecule has 1 aliphatic carbocycles. The van der Waals surface area contributed by atoms with Gasteiger partial charge in [0.05, 0.1) is 25.7 Å². The fraction of sp³-hybridized carbons (Fsp3) is 0.345. The van der Waals surface area contributed by atoms with Gasteiger partial charge in [0.15, 0.2) is 27.2 Å². The van der Waals surface area contributed by atoms with E-state index < -0.39 is 33.1 Å². The zero-order chi connectivity index (χ0) is 31.5. The third kappa shape index (κ3) is 7.21. The van der Waals surface area contributed by atoms with Crippen LogP contribution in [0.3, 0.4) is 0 Å². The Morgan fingerprint density at radius 1 is 1.00 bits per heavy atom. The maximum atomic E-state index is 12.5. The molecule has 5 rings (SSSR count). The van der Waals surface area contributed by atoms with Gasteiger partial charge in [-0.15, -0.1) is 11.5 Å². The molecule has 0 bridgehead atoms. The molecule has 0 saturated heterocycles. The Labute approximate surface area is 262 Å². The first-order valence-corrected chi connectivity index (χ1v) is 16.2. The molecular weight excluding hydrogens is 641 g/mol. The Morgan fingerprint density at radius 3 is 2.30 bits per heavy atom. The average molecular weight is 667 g/mol. The second-order valence-corrected chi connectivity index (χ2v) is 13.2. The molecule has 226 valence electrons. The Morgan fingerprint density at radius 2 is 1.70 bits per heavy atom. The number of aromatic nitrogens is 3. The molecule has 1 aliphatic heterocycles. The van der Waals surface area contributed by atoms with Crippen molar-refractivity contribution in [3.05, 3.63) is 67.3 Å². The highest BCUT2D eigenvalue weighted by molar-refractivity contribution is 7.90. The molecule has 0 spiro atoms. The number of benzene rings is 2. The number of carbonyl (C=O) groups is 3. The number of carbonyl (C=O) groups excluding carboxylic acids is 3. The lowest BCUT2D eigenvalue weighted by molar-refractivity contribution is -0.133. The van der Waals surface area contributed by atoms with E-state index >= 15 is 0 Å². The summed E-state index contributed by atoms with van der Waals surface area (Å²) in [5.74, 6) is 0.741. The van der Waals surface area contributed by atoms with Crippen molar-refractivity contribution >= 4 is 62.0 Å². The van der Waals surface area contributed by atoms with Gasteiger partial charge in [-0.25, -0.2) is 13.2 Å². The third-order valence-electron chi connectivity index (χ3n) is 6.90. The van der Waals surface area contributed by atoms with Crippen LogP contribution >= 0.6 is 34.8 Å². The minimum Gasteiger partial charge on any atom is -0.479 e.